The summed E-state index contributed by atoms with van der Waals surface area (Å²) >= 11 is 0. The Morgan fingerprint density at radius 2 is 1.10 bits per heavy atom. The minimum Gasteiger partial charge on any atom is -1.00 e. The standard InChI is InChI=1S/C12H22O4.C9H16O5.Mg.2H/c13-11(14)9-7-5-3-1-2-4-6-8-10-12(15)16;1-7(2)8(13)14-6-9(3-10,4-11)5-12;;;/h1-10H2,(H,13,14)(H,15,16);10-12H,1,3-6H2,2H3;;;/q;;+2;2*-1. The van der Waals surface area contributed by atoms with Crippen molar-refractivity contribution in [2.75, 3.05) is 26.4 Å². The molecule has 0 aliphatic heterocycles. The Hall–Kier alpha value is -1.20. The molecule has 5 N–H and O–H groups in total. The van der Waals surface area contributed by atoms with Gasteiger partial charge < -0.3 is 33.1 Å². The number of aliphatic hydroxyl groups is 3. The van der Waals surface area contributed by atoms with Crippen LogP contribution in [0.1, 0.15) is 74.0 Å². The van der Waals surface area contributed by atoms with E-state index in [0.29, 0.717) is 0 Å². The van der Waals surface area contributed by atoms with Gasteiger partial charge in [-0.3, -0.25) is 9.59 Å². The maximum absolute atomic E-state index is 11.0. The predicted octanol–water partition coefficient (Wildman–Crippen LogP) is 1.97. The molecule has 0 aliphatic rings. The fraction of sp³-hybridized carbons (Fsp3) is 0.762. The average Bonchev–Trinajstić information content (AvgIpc) is 2.70. The molecule has 0 radical (unpaired) electrons. The number of carboxylic acid groups (broad SMARTS) is 2. The van der Waals surface area contributed by atoms with Gasteiger partial charge in [0.2, 0.25) is 0 Å². The van der Waals surface area contributed by atoms with Crippen molar-refractivity contribution in [2.45, 2.75) is 71.1 Å². The van der Waals surface area contributed by atoms with Crippen LogP contribution >= 0.6 is 0 Å². The van der Waals surface area contributed by atoms with Crippen molar-refractivity contribution in [1.82, 2.24) is 0 Å². The summed E-state index contributed by atoms with van der Waals surface area (Å²) in [7, 11) is 0. The van der Waals surface area contributed by atoms with Gasteiger partial charge >= 0.3 is 41.0 Å². The molecule has 10 heteroatoms. The second-order valence-electron chi connectivity index (χ2n) is 7.45. The van der Waals surface area contributed by atoms with E-state index in [-0.39, 0.29) is 50.9 Å². The molecule has 0 saturated heterocycles. The van der Waals surface area contributed by atoms with Crippen molar-refractivity contribution in [2.24, 2.45) is 5.41 Å². The first-order chi connectivity index (χ1) is 14.1. The normalized spacial score (nSPS) is 10.3. The zero-order valence-electron chi connectivity index (χ0n) is 20.7. The molecule has 0 saturated carbocycles. The summed E-state index contributed by atoms with van der Waals surface area (Å²) in [5.41, 5.74) is -0.946. The van der Waals surface area contributed by atoms with Crippen molar-refractivity contribution in [1.29, 1.82) is 0 Å². The number of aliphatic hydroxyl groups excluding tert-OH is 3. The van der Waals surface area contributed by atoms with Crippen LogP contribution < -0.4 is 0 Å². The summed E-state index contributed by atoms with van der Waals surface area (Å²) in [6.45, 7) is 3.26. The topological polar surface area (TPSA) is 162 Å². The summed E-state index contributed by atoms with van der Waals surface area (Å²) in [6.07, 6.45) is 8.51. The zero-order chi connectivity index (χ0) is 23.4. The second kappa shape index (κ2) is 22.0. The number of hydrogen-bond acceptors (Lipinski definition) is 7. The third-order valence-corrected chi connectivity index (χ3v) is 4.40. The van der Waals surface area contributed by atoms with Crippen LogP contribution in [0, 0.1) is 5.41 Å². The number of carboxylic acids is 2. The Morgan fingerprint density at radius 3 is 1.35 bits per heavy atom. The summed E-state index contributed by atoms with van der Waals surface area (Å²) in [5.74, 6) is -2.04. The number of carbonyl (C=O) groups is 3. The van der Waals surface area contributed by atoms with Gasteiger partial charge in [0.25, 0.3) is 0 Å². The monoisotopic (exact) mass is 460 g/mol. The van der Waals surface area contributed by atoms with Crippen LogP contribution in [0.5, 0.6) is 0 Å². The SMILES string of the molecule is C=C(C)C(=O)OCC(CO)(CO)CO.O=C(O)CCCCCCCCCCC(=O)O.[H-].[H-].[Mg+2]. The molecule has 0 rings (SSSR count). The third kappa shape index (κ3) is 21.8. The van der Waals surface area contributed by atoms with E-state index in [4.69, 9.17) is 30.3 Å². The molecule has 0 bridgehead atoms. The first kappa shape index (κ1) is 34.4. The van der Waals surface area contributed by atoms with Gasteiger partial charge in [0, 0.05) is 18.4 Å². The number of esters is 1. The van der Waals surface area contributed by atoms with Gasteiger partial charge in [0.05, 0.1) is 25.2 Å². The number of carbonyl (C=O) groups excluding carboxylic acids is 1. The first-order valence-corrected chi connectivity index (χ1v) is 10.2. The molecule has 180 valence electrons. The Balaban J connectivity index is -0.000000146. The number of unbranched alkanes of at least 4 members (excludes halogenated alkanes) is 7. The predicted molar refractivity (Wildman–Crippen MR) is 119 cm³/mol. The number of ether oxygens (including phenoxy) is 1. The Morgan fingerprint density at radius 1 is 0.774 bits per heavy atom. The second-order valence-corrected chi connectivity index (χ2v) is 7.45. The summed E-state index contributed by atoms with van der Waals surface area (Å²) < 4.78 is 4.72. The summed E-state index contributed by atoms with van der Waals surface area (Å²) in [4.78, 5) is 31.4. The minimum atomic E-state index is -1.18. The largest absolute Gasteiger partial charge is 2.00 e. The minimum absolute atomic E-state index is 0. The van der Waals surface area contributed by atoms with E-state index in [0.717, 1.165) is 51.4 Å². The quantitative estimate of drug-likeness (QED) is 0.0945. The van der Waals surface area contributed by atoms with Crippen LogP contribution in [0.4, 0.5) is 0 Å². The molecule has 0 aromatic carbocycles. The van der Waals surface area contributed by atoms with Gasteiger partial charge in [-0.05, 0) is 19.8 Å². The molecular formula is C21H40MgO9. The zero-order valence-corrected chi connectivity index (χ0v) is 20.1. The smallest absolute Gasteiger partial charge is 1.00 e. The Kier molecular flexibility index (Phi) is 24.4. The maximum atomic E-state index is 11.0. The summed E-state index contributed by atoms with van der Waals surface area (Å²) in [5, 5.41) is 43.5. The molecule has 31 heavy (non-hydrogen) atoms. The van der Waals surface area contributed by atoms with E-state index in [1.165, 1.54) is 6.92 Å². The fourth-order valence-electron chi connectivity index (χ4n) is 2.24. The van der Waals surface area contributed by atoms with Crippen LogP contribution in [0.2, 0.25) is 0 Å². The van der Waals surface area contributed by atoms with E-state index in [1.54, 1.807) is 0 Å². The van der Waals surface area contributed by atoms with E-state index >= 15 is 0 Å². The average molecular weight is 461 g/mol. The molecule has 0 spiro atoms. The molecule has 0 fully saturated rings. The van der Waals surface area contributed by atoms with E-state index < -0.39 is 43.1 Å². The number of aliphatic carboxylic acids is 2. The van der Waals surface area contributed by atoms with Crippen molar-refractivity contribution >= 4 is 41.0 Å². The maximum Gasteiger partial charge on any atom is 2.00 e. The van der Waals surface area contributed by atoms with Gasteiger partial charge in [0.1, 0.15) is 6.61 Å². The first-order valence-electron chi connectivity index (χ1n) is 10.2. The van der Waals surface area contributed by atoms with Gasteiger partial charge in [-0.15, -0.1) is 0 Å². The number of rotatable bonds is 17. The van der Waals surface area contributed by atoms with Crippen LogP contribution in [-0.2, 0) is 19.1 Å². The van der Waals surface area contributed by atoms with E-state index in [1.807, 2.05) is 0 Å². The third-order valence-electron chi connectivity index (χ3n) is 4.40. The molecule has 0 aromatic heterocycles. The van der Waals surface area contributed by atoms with E-state index in [9.17, 15) is 14.4 Å². The molecule has 0 amide bonds. The van der Waals surface area contributed by atoms with Crippen molar-refractivity contribution in [3.63, 3.8) is 0 Å². The molecule has 0 unspecified atom stereocenters. The van der Waals surface area contributed by atoms with Gasteiger partial charge in [0.15, 0.2) is 0 Å². The fourth-order valence-corrected chi connectivity index (χ4v) is 2.24. The van der Waals surface area contributed by atoms with Crippen LogP contribution in [0.3, 0.4) is 0 Å². The number of hydrogen-bond donors (Lipinski definition) is 5. The molecule has 0 aliphatic carbocycles. The van der Waals surface area contributed by atoms with E-state index in [2.05, 4.69) is 6.58 Å². The van der Waals surface area contributed by atoms with Crippen molar-refractivity contribution < 1.29 is 47.5 Å². The van der Waals surface area contributed by atoms with Gasteiger partial charge in [-0.1, -0.05) is 45.1 Å². The summed E-state index contributed by atoms with van der Waals surface area (Å²) in [6, 6.07) is 0. The Bertz CT molecular complexity index is 486. The van der Waals surface area contributed by atoms with Crippen LogP contribution in [0.25, 0.3) is 0 Å². The molecule has 0 atom stereocenters. The Labute approximate surface area is 203 Å². The van der Waals surface area contributed by atoms with Crippen LogP contribution in [-0.4, -0.2) is 92.9 Å². The van der Waals surface area contributed by atoms with Gasteiger partial charge in [-0.2, -0.15) is 0 Å². The van der Waals surface area contributed by atoms with Crippen molar-refractivity contribution in [3.05, 3.63) is 12.2 Å². The van der Waals surface area contributed by atoms with Crippen molar-refractivity contribution in [3.8, 4) is 0 Å². The molecule has 0 aromatic rings. The molecular weight excluding hydrogens is 421 g/mol. The molecule has 0 heterocycles. The molecule has 9 nitrogen and oxygen atoms in total. The van der Waals surface area contributed by atoms with Crippen LogP contribution in [0.15, 0.2) is 12.2 Å². The van der Waals surface area contributed by atoms with Gasteiger partial charge in [-0.25, -0.2) is 4.79 Å².